The highest BCUT2D eigenvalue weighted by atomic mass is 32.2. The highest BCUT2D eigenvalue weighted by molar-refractivity contribution is 8.09. The summed E-state index contributed by atoms with van der Waals surface area (Å²) < 4.78 is 0. The van der Waals surface area contributed by atoms with Gasteiger partial charge in [0.2, 0.25) is 0 Å². The van der Waals surface area contributed by atoms with Crippen LogP contribution < -0.4 is 0 Å². The van der Waals surface area contributed by atoms with Crippen molar-refractivity contribution in [2.75, 3.05) is 0 Å². The molecular weight excluding hydrogens is 497 g/mol. The third-order valence-electron chi connectivity index (χ3n) is 9.51. The largest absolute Gasteiger partial charge is 0.135 e. The Kier molecular flexibility index (Phi) is 5.07. The summed E-state index contributed by atoms with van der Waals surface area (Å²) in [5.41, 5.74) is 16.5. The zero-order valence-electron chi connectivity index (χ0n) is 22.6. The van der Waals surface area contributed by atoms with Gasteiger partial charge < -0.3 is 0 Å². The Morgan fingerprint density at radius 2 is 1.55 bits per heavy atom. The van der Waals surface area contributed by atoms with Crippen LogP contribution in [0.15, 0.2) is 71.8 Å². The second-order valence-corrected chi connectivity index (χ2v) is 13.5. The van der Waals surface area contributed by atoms with Crippen LogP contribution in [0, 0.1) is 6.92 Å². The van der Waals surface area contributed by atoms with Gasteiger partial charge in [0.25, 0.3) is 0 Å². The van der Waals surface area contributed by atoms with E-state index in [0.29, 0.717) is 11.2 Å². The van der Waals surface area contributed by atoms with Crippen molar-refractivity contribution in [3.63, 3.8) is 0 Å². The number of hydrogen-bond donors (Lipinski definition) is 0. The summed E-state index contributed by atoms with van der Waals surface area (Å²) >= 11 is 4.14. The van der Waals surface area contributed by atoms with Crippen molar-refractivity contribution in [1.82, 2.24) is 0 Å². The Bertz CT molecular complexity index is 1770. The molecule has 0 amide bonds. The van der Waals surface area contributed by atoms with E-state index in [9.17, 15) is 0 Å². The highest BCUT2D eigenvalue weighted by Crippen LogP contribution is 2.67. The molecule has 3 aliphatic carbocycles. The number of benzene rings is 3. The molecule has 0 N–H and O–H groups in total. The molecular formula is C36H32S2. The minimum Gasteiger partial charge on any atom is -0.135 e. The molecule has 2 atom stereocenters. The predicted molar refractivity (Wildman–Crippen MR) is 168 cm³/mol. The van der Waals surface area contributed by atoms with E-state index in [4.69, 9.17) is 0 Å². The van der Waals surface area contributed by atoms with Gasteiger partial charge in [-0.15, -0.1) is 23.1 Å². The van der Waals surface area contributed by atoms with Crippen LogP contribution in [0.3, 0.4) is 0 Å². The molecule has 4 aromatic rings. The number of thioether (sulfide) groups is 1. The molecule has 0 saturated heterocycles. The van der Waals surface area contributed by atoms with Crippen LogP contribution in [0.1, 0.15) is 83.9 Å². The third-order valence-corrected chi connectivity index (χ3v) is 12.5. The van der Waals surface area contributed by atoms with Gasteiger partial charge in [-0.3, -0.25) is 0 Å². The third kappa shape index (κ3) is 2.99. The normalized spacial score (nSPS) is 20.7. The number of allylic oxidation sites excluding steroid dienone is 5. The highest BCUT2D eigenvalue weighted by Gasteiger charge is 2.44. The van der Waals surface area contributed by atoms with E-state index in [1.54, 1.807) is 27.7 Å². The maximum absolute atomic E-state index is 2.47. The monoisotopic (exact) mass is 528 g/mol. The van der Waals surface area contributed by atoms with Crippen LogP contribution in [-0.2, 0) is 6.42 Å². The Morgan fingerprint density at radius 3 is 2.29 bits per heavy atom. The van der Waals surface area contributed by atoms with Gasteiger partial charge in [0.05, 0.1) is 0 Å². The summed E-state index contributed by atoms with van der Waals surface area (Å²) in [6.07, 6.45) is 9.42. The number of fused-ring (bicyclic) bond motifs is 6. The number of hydrogen-bond acceptors (Lipinski definition) is 2. The van der Waals surface area contributed by atoms with Crippen LogP contribution in [0.25, 0.3) is 42.8 Å². The molecule has 2 heteroatoms. The van der Waals surface area contributed by atoms with E-state index in [1.807, 2.05) is 11.3 Å². The minimum absolute atomic E-state index is 0.488. The first-order chi connectivity index (χ1) is 18.6. The molecule has 0 nitrogen and oxygen atoms in total. The Hall–Kier alpha value is -2.81. The SMILES string of the molecule is CCC1=CC=C(c2sc3c(c2C)-c2ccc4c5c(ccc-3c25)C2C(C)=C(c3ccc(CC)cc3)SC42)CC1. The molecule has 2 unspecified atom stereocenters. The lowest BCUT2D eigenvalue weighted by Crippen LogP contribution is -1.97. The quantitative estimate of drug-likeness (QED) is 0.223. The molecule has 0 bridgehead atoms. The molecule has 0 saturated carbocycles. The first-order valence-electron chi connectivity index (χ1n) is 14.2. The lowest BCUT2D eigenvalue weighted by atomic mass is 9.90. The molecule has 8 rings (SSSR count). The van der Waals surface area contributed by atoms with Crippen molar-refractivity contribution >= 4 is 44.3 Å². The zero-order valence-corrected chi connectivity index (χ0v) is 24.2. The first-order valence-corrected chi connectivity index (χ1v) is 15.9. The summed E-state index contributed by atoms with van der Waals surface area (Å²) in [4.78, 5) is 4.49. The van der Waals surface area contributed by atoms with Crippen molar-refractivity contribution in [3.8, 4) is 21.6 Å². The zero-order chi connectivity index (χ0) is 25.7. The van der Waals surface area contributed by atoms with Crippen molar-refractivity contribution in [2.45, 2.75) is 64.5 Å². The second kappa shape index (κ2) is 8.34. The van der Waals surface area contributed by atoms with Crippen molar-refractivity contribution in [3.05, 3.63) is 105 Å². The van der Waals surface area contributed by atoms with E-state index in [0.717, 1.165) is 6.42 Å². The Labute approximate surface area is 234 Å². The van der Waals surface area contributed by atoms with Gasteiger partial charge in [-0.25, -0.2) is 0 Å². The summed E-state index contributed by atoms with van der Waals surface area (Å²) in [6.45, 7) is 9.26. The van der Waals surface area contributed by atoms with Crippen molar-refractivity contribution < 1.29 is 0 Å². The maximum Gasteiger partial charge on any atom is 0.0457 e. The first kappa shape index (κ1) is 23.1. The molecule has 0 radical (unpaired) electrons. The average molecular weight is 529 g/mol. The van der Waals surface area contributed by atoms with Crippen LogP contribution in [0.5, 0.6) is 0 Å². The fourth-order valence-corrected chi connectivity index (χ4v) is 10.5. The van der Waals surface area contributed by atoms with E-state index in [1.165, 1.54) is 78.3 Å². The van der Waals surface area contributed by atoms with Crippen molar-refractivity contribution in [2.24, 2.45) is 0 Å². The number of aryl methyl sites for hydroxylation is 1. The predicted octanol–water partition coefficient (Wildman–Crippen LogP) is 11.2. The van der Waals surface area contributed by atoms with Crippen LogP contribution in [0.4, 0.5) is 0 Å². The smallest absolute Gasteiger partial charge is 0.0457 e. The van der Waals surface area contributed by atoms with Crippen LogP contribution >= 0.6 is 23.1 Å². The van der Waals surface area contributed by atoms with Gasteiger partial charge in [0.15, 0.2) is 0 Å². The number of thiophene rings is 1. The molecule has 1 aliphatic heterocycles. The molecule has 3 aromatic carbocycles. The molecule has 188 valence electrons. The van der Waals surface area contributed by atoms with E-state index < -0.39 is 0 Å². The Morgan fingerprint density at radius 1 is 0.763 bits per heavy atom. The topological polar surface area (TPSA) is 0 Å². The van der Waals surface area contributed by atoms with E-state index in [-0.39, 0.29) is 0 Å². The van der Waals surface area contributed by atoms with Gasteiger partial charge in [0.1, 0.15) is 0 Å². The fraction of sp³-hybridized carbons (Fsp3) is 0.278. The Balaban J connectivity index is 1.24. The van der Waals surface area contributed by atoms with Gasteiger partial charge in [-0.1, -0.05) is 85.7 Å². The van der Waals surface area contributed by atoms with Gasteiger partial charge in [0, 0.05) is 37.0 Å². The fourth-order valence-electron chi connectivity index (χ4n) is 7.42. The summed E-state index contributed by atoms with van der Waals surface area (Å²) in [5, 5.41) is 3.58. The minimum atomic E-state index is 0.488. The van der Waals surface area contributed by atoms with Gasteiger partial charge in [-0.2, -0.15) is 0 Å². The molecule has 4 aliphatic rings. The number of rotatable bonds is 4. The summed E-state index contributed by atoms with van der Waals surface area (Å²) in [7, 11) is 0. The molecule has 0 spiro atoms. The molecule has 0 fully saturated rings. The van der Waals surface area contributed by atoms with E-state index >= 15 is 0 Å². The summed E-state index contributed by atoms with van der Waals surface area (Å²) in [6, 6.07) is 19.1. The lowest BCUT2D eigenvalue weighted by Gasteiger charge is -2.14. The molecule has 1 aromatic heterocycles. The lowest BCUT2D eigenvalue weighted by molar-refractivity contribution is 0.826. The molecule has 2 heterocycles. The van der Waals surface area contributed by atoms with Gasteiger partial charge in [-0.05, 0) is 89.3 Å². The van der Waals surface area contributed by atoms with Gasteiger partial charge >= 0.3 is 0 Å². The standard InChI is InChI=1S/C36H32S2/c1-5-21-7-11-23(12-8-21)33-19(3)29-25-15-18-28-32-26(16-17-27(31(25)32)35(29)37-33)30-20(4)34(38-36(28)30)24-13-9-22(6-2)10-14-24/h7-9,11-13,15-18,29,35H,5-6,10,14H2,1-4H3. The summed E-state index contributed by atoms with van der Waals surface area (Å²) in [5.74, 6) is 0.488. The average Bonchev–Trinajstić information content (AvgIpc) is 3.66. The van der Waals surface area contributed by atoms with Crippen LogP contribution in [-0.4, -0.2) is 0 Å². The second-order valence-electron chi connectivity index (χ2n) is 11.4. The van der Waals surface area contributed by atoms with Crippen molar-refractivity contribution in [1.29, 1.82) is 0 Å². The van der Waals surface area contributed by atoms with E-state index in [2.05, 4.69) is 100 Å². The van der Waals surface area contributed by atoms with Crippen LogP contribution in [0.2, 0.25) is 0 Å². The molecule has 38 heavy (non-hydrogen) atoms. The maximum atomic E-state index is 2.47.